The van der Waals surface area contributed by atoms with Crippen LogP contribution in [0.5, 0.6) is 0 Å². The van der Waals surface area contributed by atoms with E-state index < -0.39 is 8.38 Å². The van der Waals surface area contributed by atoms with Crippen molar-refractivity contribution >= 4 is 37.9 Å². The van der Waals surface area contributed by atoms with Crippen molar-refractivity contribution in [2.45, 2.75) is 6.92 Å². The zero-order valence-electron chi connectivity index (χ0n) is 3.05. The molecular formula is C2H8NaO2P. The Morgan fingerprint density at radius 1 is 1.50 bits per heavy atom. The second kappa shape index (κ2) is 6.35. The predicted octanol–water partition coefficient (Wildman–Crippen LogP) is -0.346. The van der Waals surface area contributed by atoms with Gasteiger partial charge in [-0.2, -0.15) is 0 Å². The van der Waals surface area contributed by atoms with E-state index in [4.69, 9.17) is 9.79 Å². The third-order valence-electron chi connectivity index (χ3n) is 0.283. The van der Waals surface area contributed by atoms with Crippen LogP contribution in [0.1, 0.15) is 6.92 Å². The van der Waals surface area contributed by atoms with Gasteiger partial charge in [0, 0.05) is 6.16 Å². The van der Waals surface area contributed by atoms with Gasteiger partial charge in [0.05, 0.1) is 0 Å². The van der Waals surface area contributed by atoms with Crippen molar-refractivity contribution in [3.8, 4) is 0 Å². The summed E-state index contributed by atoms with van der Waals surface area (Å²) in [5, 5.41) is 0. The van der Waals surface area contributed by atoms with Crippen molar-refractivity contribution in [3.05, 3.63) is 0 Å². The Morgan fingerprint density at radius 3 is 1.67 bits per heavy atom. The minimum atomic E-state index is -1.60. The first-order valence-electron chi connectivity index (χ1n) is 1.42. The zero-order valence-corrected chi connectivity index (χ0v) is 3.94. The van der Waals surface area contributed by atoms with Crippen LogP contribution in [-0.4, -0.2) is 45.5 Å². The van der Waals surface area contributed by atoms with Crippen LogP contribution in [0.25, 0.3) is 0 Å². The molecule has 34 valence electrons. The molecule has 0 aliphatic carbocycles. The summed E-state index contributed by atoms with van der Waals surface area (Å²) >= 11 is 0. The molecule has 0 rings (SSSR count). The third-order valence-corrected chi connectivity index (χ3v) is 0.849. The molecule has 0 fully saturated rings. The van der Waals surface area contributed by atoms with Crippen molar-refractivity contribution in [2.24, 2.45) is 0 Å². The summed E-state index contributed by atoms with van der Waals surface area (Å²) in [4.78, 5) is 16.0. The monoisotopic (exact) mass is 118 g/mol. The van der Waals surface area contributed by atoms with Gasteiger partial charge in [-0.15, -0.1) is 0 Å². The molecule has 0 aliphatic rings. The maximum absolute atomic E-state index is 7.98. The Kier molecular flexibility index (Phi) is 11.0. The molecule has 6 heavy (non-hydrogen) atoms. The fourth-order valence-corrected chi connectivity index (χ4v) is 0. The zero-order chi connectivity index (χ0) is 4.28. The van der Waals surface area contributed by atoms with Crippen LogP contribution in [0, 0.1) is 0 Å². The summed E-state index contributed by atoms with van der Waals surface area (Å²) in [6.45, 7) is 1.73. The SMILES string of the molecule is CCP(O)O.[NaH]. The van der Waals surface area contributed by atoms with E-state index in [2.05, 4.69) is 0 Å². The Hall–Kier alpha value is 1.35. The van der Waals surface area contributed by atoms with Crippen LogP contribution in [0.4, 0.5) is 0 Å². The molecule has 0 spiro atoms. The van der Waals surface area contributed by atoms with E-state index in [1.54, 1.807) is 6.92 Å². The molecule has 0 aromatic carbocycles. The molecule has 0 heterocycles. The third kappa shape index (κ3) is 9.02. The fourth-order valence-electron chi connectivity index (χ4n) is 0. The van der Waals surface area contributed by atoms with Crippen molar-refractivity contribution < 1.29 is 9.79 Å². The van der Waals surface area contributed by atoms with Crippen LogP contribution < -0.4 is 0 Å². The molecule has 4 heteroatoms. The standard InChI is InChI=1S/C2H7O2P.Na.H/c1-2-5(3)4;;/h3-4H,2H2,1H3;;. The summed E-state index contributed by atoms with van der Waals surface area (Å²) in [6.07, 6.45) is 0.481. The van der Waals surface area contributed by atoms with E-state index in [9.17, 15) is 0 Å². The first kappa shape index (κ1) is 10.4. The van der Waals surface area contributed by atoms with E-state index >= 15 is 0 Å². The summed E-state index contributed by atoms with van der Waals surface area (Å²) in [6, 6.07) is 0. The molecule has 0 aliphatic heterocycles. The normalized spacial score (nSPS) is 8.00. The van der Waals surface area contributed by atoms with E-state index in [-0.39, 0.29) is 29.6 Å². The number of rotatable bonds is 1. The summed E-state index contributed by atoms with van der Waals surface area (Å²) < 4.78 is 0. The van der Waals surface area contributed by atoms with E-state index in [1.807, 2.05) is 0 Å². The Bertz CT molecular complexity index is 25.5. The fraction of sp³-hybridized carbons (Fsp3) is 1.00. The van der Waals surface area contributed by atoms with Gasteiger partial charge in [-0.3, -0.25) is 0 Å². The van der Waals surface area contributed by atoms with Gasteiger partial charge in [-0.1, -0.05) is 6.92 Å². The molecule has 0 saturated heterocycles. The Balaban J connectivity index is 0. The van der Waals surface area contributed by atoms with Gasteiger partial charge in [-0.05, 0) is 0 Å². The number of hydrogen-bond donors (Lipinski definition) is 2. The van der Waals surface area contributed by atoms with Gasteiger partial charge in [0.2, 0.25) is 0 Å². The van der Waals surface area contributed by atoms with Gasteiger partial charge < -0.3 is 9.79 Å². The summed E-state index contributed by atoms with van der Waals surface area (Å²) in [5.41, 5.74) is 0. The molecule has 0 aromatic heterocycles. The van der Waals surface area contributed by atoms with Crippen molar-refractivity contribution in [3.63, 3.8) is 0 Å². The van der Waals surface area contributed by atoms with Gasteiger partial charge in [0.15, 0.2) is 8.38 Å². The molecule has 0 bridgehead atoms. The average Bonchev–Trinajstić information content (AvgIpc) is 1.38. The molecule has 2 nitrogen and oxygen atoms in total. The predicted molar refractivity (Wildman–Crippen MR) is 29.0 cm³/mol. The van der Waals surface area contributed by atoms with Gasteiger partial charge in [-0.25, -0.2) is 0 Å². The number of hydrogen-bond acceptors (Lipinski definition) is 2. The average molecular weight is 118 g/mol. The Labute approximate surface area is 60.8 Å². The van der Waals surface area contributed by atoms with Gasteiger partial charge in [0.25, 0.3) is 0 Å². The van der Waals surface area contributed by atoms with Crippen molar-refractivity contribution in [1.82, 2.24) is 0 Å². The van der Waals surface area contributed by atoms with Crippen LogP contribution in [0.3, 0.4) is 0 Å². The molecule has 0 atom stereocenters. The van der Waals surface area contributed by atoms with E-state index in [0.717, 1.165) is 0 Å². The van der Waals surface area contributed by atoms with E-state index in [1.165, 1.54) is 0 Å². The van der Waals surface area contributed by atoms with Crippen molar-refractivity contribution in [1.29, 1.82) is 0 Å². The topological polar surface area (TPSA) is 40.5 Å². The molecular weight excluding hydrogens is 110 g/mol. The summed E-state index contributed by atoms with van der Waals surface area (Å²) in [5.74, 6) is 0. The quantitative estimate of drug-likeness (QED) is 0.365. The Morgan fingerprint density at radius 2 is 1.67 bits per heavy atom. The molecule has 0 radical (unpaired) electrons. The first-order chi connectivity index (χ1) is 2.27. The molecule has 0 unspecified atom stereocenters. The molecule has 0 saturated carbocycles. The molecule has 0 aromatic rings. The van der Waals surface area contributed by atoms with Crippen LogP contribution in [-0.2, 0) is 0 Å². The summed E-state index contributed by atoms with van der Waals surface area (Å²) in [7, 11) is -1.60. The van der Waals surface area contributed by atoms with E-state index in [0.29, 0.717) is 6.16 Å². The molecule has 0 amide bonds. The minimum absolute atomic E-state index is 0. The van der Waals surface area contributed by atoms with Crippen LogP contribution in [0.15, 0.2) is 0 Å². The second-order valence-corrected chi connectivity index (χ2v) is 2.07. The van der Waals surface area contributed by atoms with Crippen LogP contribution in [0.2, 0.25) is 0 Å². The second-order valence-electron chi connectivity index (χ2n) is 0.689. The maximum atomic E-state index is 7.98. The first-order valence-corrected chi connectivity index (χ1v) is 2.86. The van der Waals surface area contributed by atoms with Gasteiger partial charge in [0.1, 0.15) is 0 Å². The van der Waals surface area contributed by atoms with Gasteiger partial charge >= 0.3 is 29.6 Å². The van der Waals surface area contributed by atoms with Crippen molar-refractivity contribution in [2.75, 3.05) is 6.16 Å². The van der Waals surface area contributed by atoms with Crippen LogP contribution >= 0.6 is 8.38 Å². The molecule has 2 N–H and O–H groups in total.